The van der Waals surface area contributed by atoms with Gasteiger partial charge in [-0.1, -0.05) is 111 Å². The van der Waals surface area contributed by atoms with Gasteiger partial charge in [-0.25, -0.2) is 4.98 Å². The number of aromatic nitrogens is 3. The standard InChI is InChI=1S/C43H27N3S/c1-5-25-24(4)38-27(7-3)35(22-20-29(38)26(25)6-2)45-34-18-12-10-14-28(34)30-21-23-36-39(40(30)45)44-43-32-16-9-8-15-31(32)42-41(46(36)43)33-17-11-13-19-37(33)47-42/h5-23H,1-4H2. The van der Waals surface area contributed by atoms with Crippen molar-refractivity contribution in [1.82, 2.24) is 14.0 Å². The molecule has 220 valence electrons. The van der Waals surface area contributed by atoms with Crippen molar-refractivity contribution in [1.29, 1.82) is 0 Å². The second-order valence-electron chi connectivity index (χ2n) is 12.1. The molecule has 10 rings (SSSR count). The predicted octanol–water partition coefficient (Wildman–Crippen LogP) is 11.9. The van der Waals surface area contributed by atoms with E-state index in [0.29, 0.717) is 0 Å². The van der Waals surface area contributed by atoms with Crippen LogP contribution in [0.4, 0.5) is 0 Å². The average molecular weight is 618 g/mol. The quantitative estimate of drug-likeness (QED) is 0.193. The smallest absolute Gasteiger partial charge is 0.146 e. The van der Waals surface area contributed by atoms with Crippen LogP contribution >= 0.6 is 11.3 Å². The Morgan fingerprint density at radius 3 is 2.13 bits per heavy atom. The first-order valence-corrected chi connectivity index (χ1v) is 16.5. The zero-order valence-corrected chi connectivity index (χ0v) is 26.4. The molecule has 1 aliphatic rings. The maximum absolute atomic E-state index is 5.55. The van der Waals surface area contributed by atoms with Crippen LogP contribution in [-0.2, 0) is 0 Å². The van der Waals surface area contributed by atoms with E-state index in [0.717, 1.165) is 72.2 Å². The minimum atomic E-state index is 0.943. The second-order valence-corrected chi connectivity index (χ2v) is 13.2. The fourth-order valence-corrected chi connectivity index (χ4v) is 9.24. The molecule has 0 unspecified atom stereocenters. The Bertz CT molecular complexity index is 2970. The largest absolute Gasteiger partial charge is 0.306 e. The highest BCUT2D eigenvalue weighted by molar-refractivity contribution is 7.26. The summed E-state index contributed by atoms with van der Waals surface area (Å²) in [7, 11) is 0. The zero-order valence-electron chi connectivity index (χ0n) is 25.5. The van der Waals surface area contributed by atoms with Gasteiger partial charge in [-0.3, -0.25) is 4.40 Å². The first kappa shape index (κ1) is 26.3. The maximum atomic E-state index is 5.55. The fraction of sp³-hybridized carbons (Fsp3) is 0. The zero-order chi connectivity index (χ0) is 31.6. The van der Waals surface area contributed by atoms with Crippen LogP contribution in [0.3, 0.4) is 0 Å². The number of imidazole rings is 1. The summed E-state index contributed by atoms with van der Waals surface area (Å²) in [5, 5.41) is 5.98. The van der Waals surface area contributed by atoms with Crippen LogP contribution in [0.5, 0.6) is 0 Å². The van der Waals surface area contributed by atoms with Gasteiger partial charge in [0.15, 0.2) is 0 Å². The van der Waals surface area contributed by atoms with Crippen molar-refractivity contribution < 1.29 is 0 Å². The Labute approximate surface area is 274 Å². The van der Waals surface area contributed by atoms with Gasteiger partial charge >= 0.3 is 0 Å². The third-order valence-electron chi connectivity index (χ3n) is 9.95. The van der Waals surface area contributed by atoms with Gasteiger partial charge in [0.2, 0.25) is 0 Å². The highest BCUT2D eigenvalue weighted by Gasteiger charge is 2.28. The molecule has 47 heavy (non-hydrogen) atoms. The van der Waals surface area contributed by atoms with Crippen molar-refractivity contribution in [3.8, 4) is 5.69 Å². The van der Waals surface area contributed by atoms with E-state index in [1.807, 2.05) is 29.6 Å². The van der Waals surface area contributed by atoms with Crippen molar-refractivity contribution in [3.63, 3.8) is 0 Å². The maximum Gasteiger partial charge on any atom is 0.146 e. The number of allylic oxidation sites excluding steroid dienone is 5. The highest BCUT2D eigenvalue weighted by Crippen LogP contribution is 2.47. The number of hydrogen-bond donors (Lipinski definition) is 0. The molecule has 0 saturated carbocycles. The van der Waals surface area contributed by atoms with Crippen molar-refractivity contribution in [2.45, 2.75) is 0 Å². The van der Waals surface area contributed by atoms with Crippen molar-refractivity contribution >= 4 is 98.1 Å². The van der Waals surface area contributed by atoms with Crippen LogP contribution in [0.2, 0.25) is 0 Å². The summed E-state index contributed by atoms with van der Waals surface area (Å²) in [6.07, 6.45) is 5.75. The lowest BCUT2D eigenvalue weighted by Gasteiger charge is -2.16. The van der Waals surface area contributed by atoms with E-state index in [1.54, 1.807) is 0 Å². The Hall–Kier alpha value is -5.97. The molecule has 4 aromatic heterocycles. The van der Waals surface area contributed by atoms with Gasteiger partial charge in [-0.15, -0.1) is 11.3 Å². The monoisotopic (exact) mass is 617 g/mol. The van der Waals surface area contributed by atoms with E-state index in [4.69, 9.17) is 4.98 Å². The van der Waals surface area contributed by atoms with Gasteiger partial charge in [0.05, 0.1) is 32.5 Å². The van der Waals surface area contributed by atoms with E-state index < -0.39 is 0 Å². The molecule has 0 amide bonds. The molecule has 4 heteroatoms. The molecule has 0 N–H and O–H groups in total. The summed E-state index contributed by atoms with van der Waals surface area (Å²) in [5.41, 5.74) is 13.7. The van der Waals surface area contributed by atoms with Gasteiger partial charge in [0.1, 0.15) is 11.2 Å². The van der Waals surface area contributed by atoms with Gasteiger partial charge < -0.3 is 4.57 Å². The van der Waals surface area contributed by atoms with E-state index in [9.17, 15) is 0 Å². The first-order valence-electron chi connectivity index (χ1n) is 15.7. The molecule has 0 bridgehead atoms. The molecular formula is C43H27N3S. The number of pyridine rings is 1. The third kappa shape index (κ3) is 3.18. The van der Waals surface area contributed by atoms with Gasteiger partial charge in [0, 0.05) is 37.2 Å². The van der Waals surface area contributed by atoms with Crippen LogP contribution in [0.15, 0.2) is 141 Å². The van der Waals surface area contributed by atoms with Crippen molar-refractivity contribution in [3.05, 3.63) is 158 Å². The molecule has 0 fully saturated rings. The summed E-state index contributed by atoms with van der Waals surface area (Å²) in [6.45, 7) is 17.0. The minimum absolute atomic E-state index is 0.943. The van der Waals surface area contributed by atoms with E-state index in [1.165, 1.54) is 36.5 Å². The molecular weight excluding hydrogens is 591 g/mol. The molecule has 0 atom stereocenters. The summed E-state index contributed by atoms with van der Waals surface area (Å²) in [6, 6.07) is 35.0. The lowest BCUT2D eigenvalue weighted by molar-refractivity contribution is 1.17. The second kappa shape index (κ2) is 9.29. The molecule has 0 saturated heterocycles. The number of nitrogens with zero attached hydrogens (tertiary/aromatic N) is 3. The highest BCUT2D eigenvalue weighted by atomic mass is 32.1. The third-order valence-corrected chi connectivity index (χ3v) is 11.1. The molecule has 0 aliphatic heterocycles. The lowest BCUT2D eigenvalue weighted by Crippen LogP contribution is -2.01. The van der Waals surface area contributed by atoms with Crippen molar-refractivity contribution in [2.75, 3.05) is 0 Å². The number of fused-ring (bicyclic) bond motifs is 15. The van der Waals surface area contributed by atoms with E-state index in [2.05, 4.69) is 132 Å². The molecule has 0 radical (unpaired) electrons. The van der Waals surface area contributed by atoms with E-state index in [-0.39, 0.29) is 0 Å². The van der Waals surface area contributed by atoms with Crippen LogP contribution < -0.4 is 0 Å². The number of hydrogen-bond acceptors (Lipinski definition) is 2. The Kier molecular flexibility index (Phi) is 5.19. The summed E-state index contributed by atoms with van der Waals surface area (Å²) in [5.74, 6) is 0. The van der Waals surface area contributed by atoms with Gasteiger partial charge in [-0.05, 0) is 58.2 Å². The topological polar surface area (TPSA) is 22.2 Å². The number of thiophene rings is 1. The Balaban J connectivity index is 1.42. The number of para-hydroxylation sites is 1. The molecule has 9 aromatic rings. The molecule has 0 spiro atoms. The first-order chi connectivity index (χ1) is 23.1. The van der Waals surface area contributed by atoms with Gasteiger partial charge in [-0.2, -0.15) is 0 Å². The van der Waals surface area contributed by atoms with Gasteiger partial charge in [0.25, 0.3) is 0 Å². The summed E-state index contributed by atoms with van der Waals surface area (Å²) in [4.78, 5) is 5.55. The van der Waals surface area contributed by atoms with Crippen LogP contribution in [0, 0.1) is 0 Å². The van der Waals surface area contributed by atoms with Crippen LogP contribution in [0.25, 0.3) is 92.5 Å². The summed E-state index contributed by atoms with van der Waals surface area (Å²) < 4.78 is 7.33. The van der Waals surface area contributed by atoms with Crippen molar-refractivity contribution in [2.24, 2.45) is 0 Å². The van der Waals surface area contributed by atoms with Crippen LogP contribution in [0.1, 0.15) is 16.7 Å². The SMILES string of the molecule is C=CC1=C(C=C)c2ccc(-n3c4ccccc4c4ccc5c(nc6c7ccccc7c7sc8ccccc8c7n56)c43)c(C=C)c2C1=C. The molecule has 3 nitrogen and oxygen atoms in total. The predicted molar refractivity (Wildman–Crippen MR) is 204 cm³/mol. The molecule has 5 aromatic carbocycles. The molecule has 1 aliphatic carbocycles. The van der Waals surface area contributed by atoms with Crippen LogP contribution in [-0.4, -0.2) is 14.0 Å². The Morgan fingerprint density at radius 1 is 0.617 bits per heavy atom. The Morgan fingerprint density at radius 2 is 1.34 bits per heavy atom. The lowest BCUT2D eigenvalue weighted by atomic mass is 9.95. The normalized spacial score (nSPS) is 13.3. The number of benzene rings is 5. The fourth-order valence-electron chi connectivity index (χ4n) is 8.02. The number of rotatable bonds is 4. The molecule has 4 heterocycles. The minimum Gasteiger partial charge on any atom is -0.306 e. The summed E-state index contributed by atoms with van der Waals surface area (Å²) >= 11 is 1.85. The average Bonchev–Trinajstić information content (AvgIpc) is 3.85. The van der Waals surface area contributed by atoms with E-state index >= 15 is 0 Å².